The van der Waals surface area contributed by atoms with E-state index in [-0.39, 0.29) is 0 Å². The van der Waals surface area contributed by atoms with Gasteiger partial charge in [0.25, 0.3) is 0 Å². The molecule has 0 spiro atoms. The van der Waals surface area contributed by atoms with Gasteiger partial charge in [-0.15, -0.1) is 0 Å². The van der Waals surface area contributed by atoms with E-state index < -0.39 is 0 Å². The first-order valence-electron chi connectivity index (χ1n) is 6.22. The fourth-order valence-corrected chi connectivity index (χ4v) is 2.04. The van der Waals surface area contributed by atoms with Crippen LogP contribution in [-0.4, -0.2) is 6.54 Å². The van der Waals surface area contributed by atoms with Crippen LogP contribution in [0.1, 0.15) is 18.1 Å². The highest BCUT2D eigenvalue weighted by Crippen LogP contribution is 2.21. The minimum atomic E-state index is 0.707. The monoisotopic (exact) mass is 225 g/mol. The van der Waals surface area contributed by atoms with Crippen LogP contribution in [0.3, 0.4) is 0 Å². The van der Waals surface area contributed by atoms with Gasteiger partial charge < -0.3 is 5.73 Å². The Labute approximate surface area is 103 Å². The highest BCUT2D eigenvalue weighted by atomic mass is 14.5. The largest absolute Gasteiger partial charge is 0.330 e. The van der Waals surface area contributed by atoms with Crippen LogP contribution in [-0.2, 0) is 12.8 Å². The Kier molecular flexibility index (Phi) is 3.94. The molecule has 0 atom stereocenters. The number of benzene rings is 2. The van der Waals surface area contributed by atoms with Crippen molar-refractivity contribution in [2.75, 3.05) is 6.54 Å². The molecule has 1 heteroatoms. The molecule has 0 aromatic heterocycles. The van der Waals surface area contributed by atoms with E-state index in [2.05, 4.69) is 55.5 Å². The Hall–Kier alpha value is -1.60. The molecule has 2 aromatic rings. The van der Waals surface area contributed by atoms with Crippen molar-refractivity contribution in [2.45, 2.75) is 19.8 Å². The average molecular weight is 225 g/mol. The second kappa shape index (κ2) is 5.65. The summed E-state index contributed by atoms with van der Waals surface area (Å²) in [5.41, 5.74) is 10.9. The quantitative estimate of drug-likeness (QED) is 0.847. The third-order valence-electron chi connectivity index (χ3n) is 3.03. The van der Waals surface area contributed by atoms with E-state index in [1.54, 1.807) is 0 Å². The van der Waals surface area contributed by atoms with E-state index in [9.17, 15) is 0 Å². The van der Waals surface area contributed by atoms with Gasteiger partial charge in [-0.3, -0.25) is 0 Å². The Balaban J connectivity index is 2.34. The molecule has 0 aliphatic carbocycles. The lowest BCUT2D eigenvalue weighted by Crippen LogP contribution is -2.02. The summed E-state index contributed by atoms with van der Waals surface area (Å²) >= 11 is 0. The van der Waals surface area contributed by atoms with E-state index in [0.29, 0.717) is 6.54 Å². The molecule has 0 saturated heterocycles. The first-order valence-corrected chi connectivity index (χ1v) is 6.22. The van der Waals surface area contributed by atoms with Crippen molar-refractivity contribution >= 4 is 0 Å². The van der Waals surface area contributed by atoms with Crippen LogP contribution in [0.2, 0.25) is 0 Å². The third-order valence-corrected chi connectivity index (χ3v) is 3.03. The van der Waals surface area contributed by atoms with Crippen LogP contribution in [0.4, 0.5) is 0 Å². The van der Waals surface area contributed by atoms with Gasteiger partial charge in [0.1, 0.15) is 0 Å². The van der Waals surface area contributed by atoms with Gasteiger partial charge in [-0.05, 0) is 41.6 Å². The van der Waals surface area contributed by atoms with E-state index in [1.165, 1.54) is 22.3 Å². The smallest absolute Gasteiger partial charge is 0.00367 e. The number of nitrogens with two attached hydrogens (primary N) is 1. The predicted molar refractivity (Wildman–Crippen MR) is 74.0 cm³/mol. The zero-order valence-electron chi connectivity index (χ0n) is 10.3. The lowest BCUT2D eigenvalue weighted by Gasteiger charge is -2.06. The normalized spacial score (nSPS) is 10.5. The van der Waals surface area contributed by atoms with Crippen molar-refractivity contribution in [3.8, 4) is 11.1 Å². The molecule has 2 rings (SSSR count). The third kappa shape index (κ3) is 2.95. The Bertz CT molecular complexity index is 488. The van der Waals surface area contributed by atoms with Crippen LogP contribution >= 0.6 is 0 Å². The molecule has 0 aliphatic rings. The van der Waals surface area contributed by atoms with Crippen LogP contribution in [0.25, 0.3) is 11.1 Å². The number of rotatable bonds is 4. The molecule has 0 aliphatic heterocycles. The summed E-state index contributed by atoms with van der Waals surface area (Å²) in [6.07, 6.45) is 2.03. The van der Waals surface area contributed by atoms with Crippen molar-refractivity contribution in [2.24, 2.45) is 5.73 Å². The minimum Gasteiger partial charge on any atom is -0.330 e. The lowest BCUT2D eigenvalue weighted by atomic mass is 9.99. The van der Waals surface area contributed by atoms with E-state index >= 15 is 0 Å². The van der Waals surface area contributed by atoms with E-state index in [1.807, 2.05) is 0 Å². The van der Waals surface area contributed by atoms with Gasteiger partial charge in [0, 0.05) is 0 Å². The van der Waals surface area contributed by atoms with Gasteiger partial charge in [-0.25, -0.2) is 0 Å². The second-order valence-corrected chi connectivity index (χ2v) is 4.29. The average Bonchev–Trinajstić information content (AvgIpc) is 2.40. The minimum absolute atomic E-state index is 0.707. The van der Waals surface area contributed by atoms with Gasteiger partial charge in [-0.1, -0.05) is 55.5 Å². The van der Waals surface area contributed by atoms with Crippen molar-refractivity contribution in [1.82, 2.24) is 0 Å². The predicted octanol–water partition coefficient (Wildman–Crippen LogP) is 3.42. The number of hydrogen-bond acceptors (Lipinski definition) is 1. The van der Waals surface area contributed by atoms with Crippen LogP contribution in [0.15, 0.2) is 48.5 Å². The maximum atomic E-state index is 5.59. The highest BCUT2D eigenvalue weighted by Gasteiger charge is 2.00. The molecule has 2 N–H and O–H groups in total. The van der Waals surface area contributed by atoms with Crippen molar-refractivity contribution < 1.29 is 0 Å². The molecular weight excluding hydrogens is 206 g/mol. The summed E-state index contributed by atoms with van der Waals surface area (Å²) in [7, 11) is 0. The maximum absolute atomic E-state index is 5.59. The standard InChI is InChI=1S/C16H19N/c1-2-13-5-3-7-15(11-13)16-8-4-6-14(12-16)9-10-17/h3-8,11-12H,2,9-10,17H2,1H3. The fourth-order valence-electron chi connectivity index (χ4n) is 2.04. The van der Waals surface area contributed by atoms with Gasteiger partial charge in [0.05, 0.1) is 0 Å². The maximum Gasteiger partial charge on any atom is -0.00367 e. The molecule has 2 aromatic carbocycles. The SMILES string of the molecule is CCc1cccc(-c2cccc(CCN)c2)c1. The van der Waals surface area contributed by atoms with Crippen LogP contribution in [0, 0.1) is 0 Å². The molecule has 0 saturated carbocycles. The zero-order chi connectivity index (χ0) is 12.1. The molecule has 0 bridgehead atoms. The number of hydrogen-bond donors (Lipinski definition) is 1. The molecule has 0 radical (unpaired) electrons. The summed E-state index contributed by atoms with van der Waals surface area (Å²) in [5.74, 6) is 0. The fraction of sp³-hybridized carbons (Fsp3) is 0.250. The van der Waals surface area contributed by atoms with Gasteiger partial charge in [0.2, 0.25) is 0 Å². The zero-order valence-corrected chi connectivity index (χ0v) is 10.3. The molecule has 0 fully saturated rings. The van der Waals surface area contributed by atoms with Crippen LogP contribution in [0.5, 0.6) is 0 Å². The summed E-state index contributed by atoms with van der Waals surface area (Å²) < 4.78 is 0. The molecule has 0 unspecified atom stereocenters. The van der Waals surface area contributed by atoms with Crippen molar-refractivity contribution in [1.29, 1.82) is 0 Å². The second-order valence-electron chi connectivity index (χ2n) is 4.29. The van der Waals surface area contributed by atoms with Gasteiger partial charge in [-0.2, -0.15) is 0 Å². The topological polar surface area (TPSA) is 26.0 Å². The highest BCUT2D eigenvalue weighted by molar-refractivity contribution is 5.64. The lowest BCUT2D eigenvalue weighted by molar-refractivity contribution is 0.969. The molecule has 1 nitrogen and oxygen atoms in total. The number of aryl methyl sites for hydroxylation is 1. The molecular formula is C16H19N. The summed E-state index contributed by atoms with van der Waals surface area (Å²) in [4.78, 5) is 0. The summed E-state index contributed by atoms with van der Waals surface area (Å²) in [6, 6.07) is 17.4. The first-order chi connectivity index (χ1) is 8.33. The van der Waals surface area contributed by atoms with Gasteiger partial charge in [0.15, 0.2) is 0 Å². The molecule has 0 amide bonds. The summed E-state index contributed by atoms with van der Waals surface area (Å²) in [5, 5.41) is 0. The molecule has 17 heavy (non-hydrogen) atoms. The van der Waals surface area contributed by atoms with Gasteiger partial charge >= 0.3 is 0 Å². The summed E-state index contributed by atoms with van der Waals surface area (Å²) in [6.45, 7) is 2.89. The Morgan fingerprint density at radius 3 is 2.06 bits per heavy atom. The van der Waals surface area contributed by atoms with Crippen molar-refractivity contribution in [3.63, 3.8) is 0 Å². The van der Waals surface area contributed by atoms with Crippen molar-refractivity contribution in [3.05, 3.63) is 59.7 Å². The van der Waals surface area contributed by atoms with E-state index in [0.717, 1.165) is 12.8 Å². The van der Waals surface area contributed by atoms with Crippen LogP contribution < -0.4 is 5.73 Å². The Morgan fingerprint density at radius 2 is 1.47 bits per heavy atom. The van der Waals surface area contributed by atoms with E-state index in [4.69, 9.17) is 5.73 Å². The Morgan fingerprint density at radius 1 is 0.882 bits per heavy atom. The first kappa shape index (κ1) is 11.9. The molecule has 88 valence electrons. The molecule has 0 heterocycles.